The third kappa shape index (κ3) is 4.11. The van der Waals surface area contributed by atoms with Gasteiger partial charge in [0.25, 0.3) is 11.7 Å². The van der Waals surface area contributed by atoms with Crippen molar-refractivity contribution in [2.45, 2.75) is 20.8 Å². The lowest BCUT2D eigenvalue weighted by Crippen LogP contribution is -2.24. The Balaban J connectivity index is 2.05. The van der Waals surface area contributed by atoms with Crippen LogP contribution in [0.5, 0.6) is 0 Å². The lowest BCUT2D eigenvalue weighted by Gasteiger charge is -2.09. The summed E-state index contributed by atoms with van der Waals surface area (Å²) in [4.78, 5) is 41.1. The summed E-state index contributed by atoms with van der Waals surface area (Å²) in [5.74, 6) is -2.09. The van der Waals surface area contributed by atoms with Gasteiger partial charge in [-0.1, -0.05) is 48.5 Å². The fraction of sp³-hybridized carbons (Fsp3) is 0.174. The number of para-hydroxylation sites is 1. The highest BCUT2D eigenvalue weighted by molar-refractivity contribution is 6.47. The average molecular weight is 390 g/mol. The second kappa shape index (κ2) is 8.56. The van der Waals surface area contributed by atoms with E-state index >= 15 is 0 Å². The van der Waals surface area contributed by atoms with Crippen molar-refractivity contribution in [1.82, 2.24) is 4.98 Å². The minimum atomic E-state index is -0.784. The van der Waals surface area contributed by atoms with Gasteiger partial charge in [-0.15, -0.1) is 0 Å². The van der Waals surface area contributed by atoms with Gasteiger partial charge in [0.15, 0.2) is 0 Å². The van der Waals surface area contributed by atoms with Crippen molar-refractivity contribution in [2.75, 3.05) is 11.9 Å². The number of aryl methyl sites for hydroxylation is 2. The molecule has 1 aromatic heterocycles. The molecular formula is C23H22N2O4. The SMILES string of the molecule is CCOC(=O)c1c(C)[nH]c(C(=O)C(=O)Nc2ccccc2C)c1-c1ccccc1. The quantitative estimate of drug-likeness (QED) is 0.373. The molecule has 0 saturated carbocycles. The molecule has 0 spiro atoms. The lowest BCUT2D eigenvalue weighted by atomic mass is 9.98. The topological polar surface area (TPSA) is 88.3 Å². The molecule has 29 heavy (non-hydrogen) atoms. The molecule has 0 aliphatic heterocycles. The number of Topliss-reactive ketones (excluding diaryl/α,β-unsaturated/α-hetero) is 1. The van der Waals surface area contributed by atoms with Crippen molar-refractivity contribution in [3.05, 3.63) is 77.1 Å². The average Bonchev–Trinajstić information content (AvgIpc) is 3.07. The predicted octanol–water partition coefficient (Wildman–Crippen LogP) is 4.30. The molecule has 0 fully saturated rings. The second-order valence-electron chi connectivity index (χ2n) is 6.56. The molecule has 6 heteroatoms. The molecule has 2 N–H and O–H groups in total. The van der Waals surface area contributed by atoms with Crippen LogP contribution in [0.2, 0.25) is 0 Å². The zero-order valence-electron chi connectivity index (χ0n) is 16.5. The molecule has 1 heterocycles. The Morgan fingerprint density at radius 2 is 1.62 bits per heavy atom. The fourth-order valence-corrected chi connectivity index (χ4v) is 3.15. The summed E-state index contributed by atoms with van der Waals surface area (Å²) in [5, 5.41) is 2.65. The maximum Gasteiger partial charge on any atom is 0.340 e. The van der Waals surface area contributed by atoms with Crippen LogP contribution in [0.3, 0.4) is 0 Å². The highest BCUT2D eigenvalue weighted by atomic mass is 16.5. The van der Waals surface area contributed by atoms with Crippen molar-refractivity contribution < 1.29 is 19.1 Å². The molecule has 148 valence electrons. The van der Waals surface area contributed by atoms with Crippen LogP contribution in [0.1, 0.15) is 39.0 Å². The van der Waals surface area contributed by atoms with Crippen molar-refractivity contribution in [2.24, 2.45) is 0 Å². The van der Waals surface area contributed by atoms with Crippen molar-refractivity contribution in [3.8, 4) is 11.1 Å². The number of benzene rings is 2. The number of nitrogens with one attached hydrogen (secondary N) is 2. The second-order valence-corrected chi connectivity index (χ2v) is 6.56. The normalized spacial score (nSPS) is 10.4. The number of carbonyl (C=O) groups excluding carboxylic acids is 3. The van der Waals surface area contributed by atoms with Gasteiger partial charge in [0, 0.05) is 16.9 Å². The Kier molecular flexibility index (Phi) is 5.93. The number of hydrogen-bond donors (Lipinski definition) is 2. The van der Waals surface area contributed by atoms with Crippen LogP contribution in [0.15, 0.2) is 54.6 Å². The van der Waals surface area contributed by atoms with E-state index < -0.39 is 17.7 Å². The van der Waals surface area contributed by atoms with Crippen LogP contribution >= 0.6 is 0 Å². The van der Waals surface area contributed by atoms with Gasteiger partial charge in [0.1, 0.15) is 5.69 Å². The molecule has 0 atom stereocenters. The summed E-state index contributed by atoms with van der Waals surface area (Å²) >= 11 is 0. The summed E-state index contributed by atoms with van der Waals surface area (Å²) < 4.78 is 5.17. The number of anilines is 1. The van der Waals surface area contributed by atoms with Gasteiger partial charge in [0.05, 0.1) is 12.2 Å². The van der Waals surface area contributed by atoms with E-state index in [0.717, 1.165) is 5.56 Å². The largest absolute Gasteiger partial charge is 0.462 e. The molecule has 0 aliphatic rings. The number of H-pyrrole nitrogens is 1. The van der Waals surface area contributed by atoms with Crippen LogP contribution in [-0.2, 0) is 9.53 Å². The molecule has 0 radical (unpaired) electrons. The van der Waals surface area contributed by atoms with Gasteiger partial charge >= 0.3 is 5.97 Å². The summed E-state index contributed by atoms with van der Waals surface area (Å²) in [5.41, 5.74) is 3.19. The standard InChI is InChI=1S/C23H22N2O4/c1-4-29-23(28)18-15(3)24-20(19(18)16-11-6-5-7-12-16)21(26)22(27)25-17-13-9-8-10-14(17)2/h5-13,24H,4H2,1-3H3,(H,25,27). The summed E-state index contributed by atoms with van der Waals surface area (Å²) in [6, 6.07) is 16.2. The monoisotopic (exact) mass is 390 g/mol. The van der Waals surface area contributed by atoms with E-state index in [9.17, 15) is 14.4 Å². The number of ether oxygens (including phenoxy) is 1. The van der Waals surface area contributed by atoms with Crippen LogP contribution in [0, 0.1) is 13.8 Å². The molecule has 0 saturated heterocycles. The predicted molar refractivity (Wildman–Crippen MR) is 111 cm³/mol. The van der Waals surface area contributed by atoms with Crippen molar-refractivity contribution in [3.63, 3.8) is 0 Å². The molecule has 0 bridgehead atoms. The van der Waals surface area contributed by atoms with Crippen LogP contribution in [0.4, 0.5) is 5.69 Å². The number of esters is 1. The zero-order valence-corrected chi connectivity index (χ0v) is 16.5. The molecule has 0 aliphatic carbocycles. The number of aromatic amines is 1. The minimum absolute atomic E-state index is 0.0582. The maximum absolute atomic E-state index is 13.0. The highest BCUT2D eigenvalue weighted by Gasteiger charge is 2.29. The Morgan fingerprint density at radius 3 is 2.28 bits per heavy atom. The Bertz CT molecular complexity index is 1070. The molecule has 0 unspecified atom stereocenters. The van der Waals surface area contributed by atoms with Crippen LogP contribution in [-0.4, -0.2) is 29.3 Å². The first-order valence-electron chi connectivity index (χ1n) is 9.30. The zero-order chi connectivity index (χ0) is 21.0. The van der Waals surface area contributed by atoms with Crippen LogP contribution < -0.4 is 5.32 Å². The number of hydrogen-bond acceptors (Lipinski definition) is 4. The summed E-state index contributed by atoms with van der Waals surface area (Å²) in [6.45, 7) is 5.43. The smallest absolute Gasteiger partial charge is 0.340 e. The first kappa shape index (κ1) is 20.1. The Labute approximate surface area is 168 Å². The van der Waals surface area contributed by atoms with E-state index in [-0.39, 0.29) is 17.9 Å². The van der Waals surface area contributed by atoms with Gasteiger partial charge in [-0.3, -0.25) is 9.59 Å². The van der Waals surface area contributed by atoms with E-state index in [4.69, 9.17) is 4.74 Å². The fourth-order valence-electron chi connectivity index (χ4n) is 3.15. The van der Waals surface area contributed by atoms with Crippen LogP contribution in [0.25, 0.3) is 11.1 Å². The minimum Gasteiger partial charge on any atom is -0.462 e. The highest BCUT2D eigenvalue weighted by Crippen LogP contribution is 2.31. The third-order valence-corrected chi connectivity index (χ3v) is 4.56. The van der Waals surface area contributed by atoms with Crippen molar-refractivity contribution in [1.29, 1.82) is 0 Å². The number of rotatable bonds is 6. The molecule has 1 amide bonds. The van der Waals surface area contributed by atoms with Gasteiger partial charge < -0.3 is 15.0 Å². The van der Waals surface area contributed by atoms with Gasteiger partial charge in [-0.05, 0) is 38.0 Å². The first-order valence-corrected chi connectivity index (χ1v) is 9.30. The number of ketones is 1. The molecule has 3 aromatic rings. The maximum atomic E-state index is 13.0. The van der Waals surface area contributed by atoms with E-state index in [1.807, 2.05) is 25.1 Å². The summed E-state index contributed by atoms with van der Waals surface area (Å²) in [6.07, 6.45) is 0. The Hall–Kier alpha value is -3.67. The Morgan fingerprint density at radius 1 is 0.966 bits per heavy atom. The summed E-state index contributed by atoms with van der Waals surface area (Å²) in [7, 11) is 0. The third-order valence-electron chi connectivity index (χ3n) is 4.56. The first-order chi connectivity index (χ1) is 13.9. The van der Waals surface area contributed by atoms with E-state index in [2.05, 4.69) is 10.3 Å². The van der Waals surface area contributed by atoms with Gasteiger partial charge in [0.2, 0.25) is 0 Å². The van der Waals surface area contributed by atoms with Crippen molar-refractivity contribution >= 4 is 23.3 Å². The van der Waals surface area contributed by atoms with Gasteiger partial charge in [-0.25, -0.2) is 4.79 Å². The molecule has 3 rings (SSSR count). The molecular weight excluding hydrogens is 368 g/mol. The number of amides is 1. The molecule has 2 aromatic carbocycles. The van der Waals surface area contributed by atoms with E-state index in [1.54, 1.807) is 50.2 Å². The molecule has 6 nitrogen and oxygen atoms in total. The van der Waals surface area contributed by atoms with E-state index in [0.29, 0.717) is 22.5 Å². The van der Waals surface area contributed by atoms with Gasteiger partial charge in [-0.2, -0.15) is 0 Å². The number of aromatic nitrogens is 1. The van der Waals surface area contributed by atoms with E-state index in [1.165, 1.54) is 0 Å². The lowest BCUT2D eigenvalue weighted by molar-refractivity contribution is -0.112. The number of carbonyl (C=O) groups is 3.